The first-order valence-corrected chi connectivity index (χ1v) is 9.66. The normalized spacial score (nSPS) is 17.3. The molecule has 138 valence electrons. The van der Waals surface area contributed by atoms with Crippen LogP contribution in [0.25, 0.3) is 0 Å². The molecule has 3 rings (SSSR count). The zero-order valence-corrected chi connectivity index (χ0v) is 16.3. The first kappa shape index (κ1) is 18.8. The fourth-order valence-corrected chi connectivity index (χ4v) is 3.88. The number of morpholine rings is 1. The van der Waals surface area contributed by atoms with Crippen LogP contribution < -0.4 is 15.5 Å². The molecule has 26 heavy (non-hydrogen) atoms. The number of aryl methyl sites for hydroxylation is 1. The molecule has 5 heteroatoms. The van der Waals surface area contributed by atoms with Crippen molar-refractivity contribution in [3.8, 4) is 0 Å². The molecule has 0 unspecified atom stereocenters. The highest BCUT2D eigenvalue weighted by Crippen LogP contribution is 2.15. The quantitative estimate of drug-likeness (QED) is 0.707. The van der Waals surface area contributed by atoms with Crippen LogP contribution in [0.3, 0.4) is 0 Å². The smallest absolute Gasteiger partial charge is 0.171 e. The van der Waals surface area contributed by atoms with Gasteiger partial charge in [-0.1, -0.05) is 48.0 Å². The number of benzene rings is 2. The molecule has 0 amide bonds. The van der Waals surface area contributed by atoms with E-state index in [4.69, 9.17) is 17.0 Å². The Morgan fingerprint density at radius 2 is 1.69 bits per heavy atom. The van der Waals surface area contributed by atoms with Crippen molar-refractivity contribution in [1.82, 2.24) is 5.32 Å². The van der Waals surface area contributed by atoms with E-state index < -0.39 is 0 Å². The molecule has 0 bridgehead atoms. The zero-order chi connectivity index (χ0) is 18.4. The average Bonchev–Trinajstić information content (AvgIpc) is 2.65. The van der Waals surface area contributed by atoms with E-state index in [9.17, 15) is 0 Å². The molecule has 2 aromatic carbocycles. The van der Waals surface area contributed by atoms with Gasteiger partial charge in [-0.25, -0.2) is 0 Å². The van der Waals surface area contributed by atoms with Crippen LogP contribution in [0.15, 0.2) is 54.6 Å². The summed E-state index contributed by atoms with van der Waals surface area (Å²) in [5.74, 6) is 0. The van der Waals surface area contributed by atoms with Crippen molar-refractivity contribution in [2.75, 3.05) is 31.6 Å². The minimum atomic E-state index is 0.205. The number of quaternary nitrogens is 1. The summed E-state index contributed by atoms with van der Waals surface area (Å²) in [5, 5.41) is 7.46. The van der Waals surface area contributed by atoms with E-state index in [1.807, 2.05) is 0 Å². The van der Waals surface area contributed by atoms with Gasteiger partial charge in [0.2, 0.25) is 0 Å². The number of rotatable bonds is 5. The standard InChI is InChI=1S/C21H27N3OS/c1-16-8-10-19(11-9-16)23-21(26)22-17(2)20(18-6-4-3-5-7-18)24-12-14-25-15-13-24/h3-11,17,20H,12-15H2,1-2H3,(H2,22,23,26)/p+1/t17-,20+/m1/s1. The maximum Gasteiger partial charge on any atom is 0.171 e. The highest BCUT2D eigenvalue weighted by atomic mass is 32.1. The Kier molecular flexibility index (Phi) is 6.61. The molecule has 1 heterocycles. The van der Waals surface area contributed by atoms with E-state index in [0.29, 0.717) is 11.2 Å². The lowest BCUT2D eigenvalue weighted by molar-refractivity contribution is -0.940. The fourth-order valence-electron chi connectivity index (χ4n) is 3.58. The lowest BCUT2D eigenvalue weighted by Crippen LogP contribution is -3.15. The number of hydrogen-bond acceptors (Lipinski definition) is 2. The van der Waals surface area contributed by atoms with Crippen LogP contribution in [0.5, 0.6) is 0 Å². The van der Waals surface area contributed by atoms with Crippen LogP contribution in [0, 0.1) is 6.92 Å². The molecule has 0 aliphatic carbocycles. The summed E-state index contributed by atoms with van der Waals surface area (Å²) in [6.45, 7) is 7.96. The van der Waals surface area contributed by atoms with Gasteiger partial charge in [-0.2, -0.15) is 0 Å². The lowest BCUT2D eigenvalue weighted by Gasteiger charge is -2.35. The Morgan fingerprint density at radius 3 is 2.35 bits per heavy atom. The number of anilines is 1. The van der Waals surface area contributed by atoms with Crippen LogP contribution >= 0.6 is 12.2 Å². The van der Waals surface area contributed by atoms with E-state index in [2.05, 4.69) is 79.1 Å². The fraction of sp³-hybridized carbons (Fsp3) is 0.381. The van der Waals surface area contributed by atoms with Crippen LogP contribution in [-0.2, 0) is 4.74 Å². The SMILES string of the molecule is Cc1ccc(NC(=S)N[C@H](C)[C@@H](c2ccccc2)[NH+]2CCOCC2)cc1. The van der Waals surface area contributed by atoms with Gasteiger partial charge < -0.3 is 20.3 Å². The molecule has 1 fully saturated rings. The monoisotopic (exact) mass is 370 g/mol. The number of thiocarbonyl (C=S) groups is 1. The predicted octanol–water partition coefficient (Wildman–Crippen LogP) is 2.33. The molecule has 0 saturated carbocycles. The minimum Gasteiger partial charge on any atom is -0.370 e. The second-order valence-corrected chi connectivity index (χ2v) is 7.32. The van der Waals surface area contributed by atoms with Crippen molar-refractivity contribution >= 4 is 23.0 Å². The van der Waals surface area contributed by atoms with E-state index in [1.54, 1.807) is 4.90 Å². The molecule has 2 aromatic rings. The lowest BCUT2D eigenvalue weighted by atomic mass is 9.98. The molecule has 0 aromatic heterocycles. The largest absolute Gasteiger partial charge is 0.370 e. The molecular formula is C21H28N3OS+. The zero-order valence-electron chi connectivity index (χ0n) is 15.5. The summed E-state index contributed by atoms with van der Waals surface area (Å²) in [5.41, 5.74) is 3.58. The Morgan fingerprint density at radius 1 is 1.04 bits per heavy atom. The van der Waals surface area contributed by atoms with Crippen LogP contribution in [0.4, 0.5) is 5.69 Å². The van der Waals surface area contributed by atoms with Gasteiger partial charge in [-0.3, -0.25) is 0 Å². The third-order valence-electron chi connectivity index (χ3n) is 4.90. The van der Waals surface area contributed by atoms with Gasteiger partial charge in [0.15, 0.2) is 5.11 Å². The third-order valence-corrected chi connectivity index (χ3v) is 5.12. The summed E-state index contributed by atoms with van der Waals surface area (Å²) in [4.78, 5) is 1.54. The molecule has 1 saturated heterocycles. The molecule has 0 spiro atoms. The third kappa shape index (κ3) is 5.04. The highest BCUT2D eigenvalue weighted by Gasteiger charge is 2.31. The van der Waals surface area contributed by atoms with Gasteiger partial charge in [0.1, 0.15) is 19.1 Å². The minimum absolute atomic E-state index is 0.205. The van der Waals surface area contributed by atoms with E-state index >= 15 is 0 Å². The molecule has 1 aliphatic heterocycles. The van der Waals surface area contributed by atoms with Crippen molar-refractivity contribution in [2.45, 2.75) is 25.9 Å². The van der Waals surface area contributed by atoms with Gasteiger partial charge >= 0.3 is 0 Å². The summed E-state index contributed by atoms with van der Waals surface area (Å²) in [6.07, 6.45) is 0. The van der Waals surface area contributed by atoms with Crippen molar-refractivity contribution in [2.24, 2.45) is 0 Å². The van der Waals surface area contributed by atoms with Gasteiger partial charge in [-0.05, 0) is 38.2 Å². The molecule has 1 aliphatic rings. The van der Waals surface area contributed by atoms with Gasteiger partial charge in [0, 0.05) is 11.3 Å². The van der Waals surface area contributed by atoms with Crippen LogP contribution in [0.1, 0.15) is 24.1 Å². The Bertz CT molecular complexity index is 699. The summed E-state index contributed by atoms with van der Waals surface area (Å²) in [6, 6.07) is 19.5. The molecular weight excluding hydrogens is 342 g/mol. The first-order valence-electron chi connectivity index (χ1n) is 9.25. The average molecular weight is 371 g/mol. The van der Waals surface area contributed by atoms with Gasteiger partial charge in [-0.15, -0.1) is 0 Å². The maximum absolute atomic E-state index is 5.56. The number of hydrogen-bond donors (Lipinski definition) is 3. The summed E-state index contributed by atoms with van der Waals surface area (Å²) in [7, 11) is 0. The van der Waals surface area contributed by atoms with Crippen LogP contribution in [-0.4, -0.2) is 37.5 Å². The highest BCUT2D eigenvalue weighted by molar-refractivity contribution is 7.80. The van der Waals surface area contributed by atoms with Crippen LogP contribution in [0.2, 0.25) is 0 Å². The van der Waals surface area contributed by atoms with E-state index in [-0.39, 0.29) is 6.04 Å². The molecule has 2 atom stereocenters. The van der Waals surface area contributed by atoms with Crippen molar-refractivity contribution in [1.29, 1.82) is 0 Å². The van der Waals surface area contributed by atoms with Gasteiger partial charge in [0.05, 0.1) is 19.3 Å². The van der Waals surface area contributed by atoms with Gasteiger partial charge in [0.25, 0.3) is 0 Å². The van der Waals surface area contributed by atoms with Crippen molar-refractivity contribution < 1.29 is 9.64 Å². The molecule has 3 N–H and O–H groups in total. The summed E-state index contributed by atoms with van der Waals surface area (Å²) < 4.78 is 5.56. The topological polar surface area (TPSA) is 37.7 Å². The molecule has 4 nitrogen and oxygen atoms in total. The second kappa shape index (κ2) is 9.12. The van der Waals surface area contributed by atoms with Crippen molar-refractivity contribution in [3.63, 3.8) is 0 Å². The maximum atomic E-state index is 5.56. The summed E-state index contributed by atoms with van der Waals surface area (Å²) >= 11 is 5.56. The van der Waals surface area contributed by atoms with E-state index in [1.165, 1.54) is 11.1 Å². The van der Waals surface area contributed by atoms with Crippen molar-refractivity contribution in [3.05, 3.63) is 65.7 Å². The molecule has 0 radical (unpaired) electrons. The van der Waals surface area contributed by atoms with E-state index in [0.717, 1.165) is 32.0 Å². The second-order valence-electron chi connectivity index (χ2n) is 6.91. The Balaban J connectivity index is 1.69. The Hall–Kier alpha value is -1.95. The Labute approximate surface area is 161 Å². The predicted molar refractivity (Wildman–Crippen MR) is 111 cm³/mol. The number of nitrogens with one attached hydrogen (secondary N) is 3. The number of ether oxygens (including phenoxy) is 1. The first-order chi connectivity index (χ1) is 12.6.